The molecule has 3 atom stereocenters. The van der Waals surface area contributed by atoms with Gasteiger partial charge in [-0.25, -0.2) is 0 Å². The van der Waals surface area contributed by atoms with Gasteiger partial charge < -0.3 is 0 Å². The molecule has 0 spiro atoms. The monoisotopic (exact) mass is 219 g/mol. The Balaban J connectivity index is 2.02. The van der Waals surface area contributed by atoms with Gasteiger partial charge in [-0.1, -0.05) is 6.08 Å². The van der Waals surface area contributed by atoms with E-state index in [0.717, 1.165) is 12.0 Å². The van der Waals surface area contributed by atoms with E-state index in [4.69, 9.17) is 0 Å². The van der Waals surface area contributed by atoms with Crippen LogP contribution in [0.15, 0.2) is 11.6 Å². The minimum atomic E-state index is -0.370. The van der Waals surface area contributed by atoms with Crippen LogP contribution in [-0.4, -0.2) is 29.5 Å². The quantitative estimate of drug-likeness (QED) is 0.558. The molecule has 4 nitrogen and oxygen atoms in total. The Bertz CT molecular complexity index is 438. The molecule has 84 valence electrons. The van der Waals surface area contributed by atoms with Crippen LogP contribution in [0.3, 0.4) is 0 Å². The van der Waals surface area contributed by atoms with Gasteiger partial charge >= 0.3 is 0 Å². The zero-order valence-electron chi connectivity index (χ0n) is 9.10. The Hall–Kier alpha value is -1.45. The van der Waals surface area contributed by atoms with E-state index in [1.807, 2.05) is 0 Å². The zero-order chi connectivity index (χ0) is 11.4. The van der Waals surface area contributed by atoms with Crippen LogP contribution >= 0.6 is 0 Å². The van der Waals surface area contributed by atoms with Gasteiger partial charge in [-0.15, -0.1) is 0 Å². The summed E-state index contributed by atoms with van der Waals surface area (Å²) < 4.78 is 0. The van der Waals surface area contributed by atoms with E-state index >= 15 is 0 Å². The predicted molar refractivity (Wildman–Crippen MR) is 55.2 cm³/mol. The van der Waals surface area contributed by atoms with Crippen LogP contribution < -0.4 is 0 Å². The number of fused-ring (bicyclic) bond motifs is 2. The molecule has 0 aromatic heterocycles. The molecule has 2 fully saturated rings. The van der Waals surface area contributed by atoms with Crippen LogP contribution in [0.25, 0.3) is 0 Å². The fourth-order valence-corrected chi connectivity index (χ4v) is 3.15. The number of likely N-dealkylation sites (tertiary alicyclic amines) is 1. The fraction of sp³-hybridized carbons (Fsp3) is 0.583. The lowest BCUT2D eigenvalue weighted by molar-refractivity contribution is -0.138. The van der Waals surface area contributed by atoms with Gasteiger partial charge in [-0.05, 0) is 24.3 Å². The first kappa shape index (κ1) is 9.75. The van der Waals surface area contributed by atoms with Crippen LogP contribution in [0, 0.1) is 17.8 Å². The summed E-state index contributed by atoms with van der Waals surface area (Å²) in [4.78, 5) is 36.4. The Morgan fingerprint density at radius 2 is 2.00 bits per heavy atom. The first-order valence-corrected chi connectivity index (χ1v) is 5.66. The van der Waals surface area contributed by atoms with Gasteiger partial charge in [0.05, 0.1) is 11.8 Å². The molecule has 2 aliphatic carbocycles. The lowest BCUT2D eigenvalue weighted by Crippen LogP contribution is -2.26. The van der Waals surface area contributed by atoms with E-state index in [2.05, 4.69) is 0 Å². The number of nitrogens with zero attached hydrogens (tertiary/aromatic N) is 1. The van der Waals surface area contributed by atoms with Gasteiger partial charge in [0.15, 0.2) is 5.78 Å². The molecule has 3 aliphatic rings. The van der Waals surface area contributed by atoms with Crippen molar-refractivity contribution in [2.24, 2.45) is 17.8 Å². The van der Waals surface area contributed by atoms with Crippen molar-refractivity contribution in [2.75, 3.05) is 7.05 Å². The summed E-state index contributed by atoms with van der Waals surface area (Å²) in [6, 6.07) is 0. The number of hydrogen-bond acceptors (Lipinski definition) is 3. The number of rotatable bonds is 0. The smallest absolute Gasteiger partial charge is 0.236 e. The second-order valence-corrected chi connectivity index (χ2v) is 4.88. The summed E-state index contributed by atoms with van der Waals surface area (Å²) in [6.45, 7) is 0. The van der Waals surface area contributed by atoms with Crippen LogP contribution in [0.4, 0.5) is 0 Å². The van der Waals surface area contributed by atoms with Crippen molar-refractivity contribution in [3.63, 3.8) is 0 Å². The van der Waals surface area contributed by atoms with E-state index in [0.29, 0.717) is 12.8 Å². The second-order valence-electron chi connectivity index (χ2n) is 4.88. The summed E-state index contributed by atoms with van der Waals surface area (Å²) in [5, 5.41) is 0. The van der Waals surface area contributed by atoms with Gasteiger partial charge in [0, 0.05) is 13.5 Å². The molecule has 2 amide bonds. The van der Waals surface area contributed by atoms with Gasteiger partial charge in [0.2, 0.25) is 11.8 Å². The number of imide groups is 1. The highest BCUT2D eigenvalue weighted by Gasteiger charge is 2.50. The summed E-state index contributed by atoms with van der Waals surface area (Å²) in [7, 11) is 1.53. The molecule has 16 heavy (non-hydrogen) atoms. The molecule has 3 rings (SSSR count). The van der Waals surface area contributed by atoms with E-state index in [1.165, 1.54) is 11.9 Å². The van der Waals surface area contributed by atoms with Crippen LogP contribution in [0.2, 0.25) is 0 Å². The molecular weight excluding hydrogens is 206 g/mol. The van der Waals surface area contributed by atoms with Gasteiger partial charge in [0.1, 0.15) is 0 Å². The third kappa shape index (κ3) is 1.07. The Kier molecular flexibility index (Phi) is 1.85. The number of ketones is 1. The SMILES string of the molecule is CN1C(=O)[C@H]2C=C3C(=O)CC[C@@H]3C[C@H]2C1=O. The van der Waals surface area contributed by atoms with Crippen molar-refractivity contribution >= 4 is 17.6 Å². The third-order valence-electron chi connectivity index (χ3n) is 4.08. The molecule has 0 aromatic rings. The van der Waals surface area contributed by atoms with Crippen LogP contribution in [0.5, 0.6) is 0 Å². The second kappa shape index (κ2) is 3.03. The average Bonchev–Trinajstić information content (AvgIpc) is 2.74. The molecule has 4 heteroatoms. The zero-order valence-corrected chi connectivity index (χ0v) is 9.10. The highest BCUT2D eigenvalue weighted by Crippen LogP contribution is 2.44. The molecule has 0 N–H and O–H groups in total. The highest BCUT2D eigenvalue weighted by atomic mass is 16.2. The lowest BCUT2D eigenvalue weighted by Gasteiger charge is -2.23. The third-order valence-corrected chi connectivity index (χ3v) is 4.08. The summed E-state index contributed by atoms with van der Waals surface area (Å²) in [5.41, 5.74) is 0.803. The molecular formula is C12H13NO3. The highest BCUT2D eigenvalue weighted by molar-refractivity contribution is 6.08. The van der Waals surface area contributed by atoms with Crippen molar-refractivity contribution in [2.45, 2.75) is 19.3 Å². The standard InChI is InChI=1S/C12H13NO3/c1-13-11(15)8-4-6-2-3-10(14)7(6)5-9(8)12(13)16/h5-6,8-9H,2-4H2,1H3/t6-,8-,9+/m1/s1. The number of carbonyl (C=O) groups is 3. The summed E-state index contributed by atoms with van der Waals surface area (Å²) in [5.74, 6) is -0.427. The van der Waals surface area contributed by atoms with E-state index in [-0.39, 0.29) is 35.4 Å². The van der Waals surface area contributed by atoms with E-state index in [1.54, 1.807) is 6.08 Å². The molecule has 0 aromatic carbocycles. The molecule has 1 heterocycles. The first-order valence-electron chi connectivity index (χ1n) is 5.66. The Labute approximate surface area is 93.3 Å². The number of amides is 2. The Morgan fingerprint density at radius 1 is 1.25 bits per heavy atom. The molecule has 1 saturated heterocycles. The fourth-order valence-electron chi connectivity index (χ4n) is 3.15. The van der Waals surface area contributed by atoms with Crippen LogP contribution in [0.1, 0.15) is 19.3 Å². The first-order chi connectivity index (χ1) is 7.59. The maximum Gasteiger partial charge on any atom is 0.236 e. The minimum absolute atomic E-state index is 0.0790. The number of allylic oxidation sites excluding steroid dienone is 1. The lowest BCUT2D eigenvalue weighted by atomic mass is 9.77. The van der Waals surface area contributed by atoms with E-state index < -0.39 is 0 Å². The molecule has 0 unspecified atom stereocenters. The molecule has 1 saturated carbocycles. The van der Waals surface area contributed by atoms with Crippen LogP contribution in [-0.2, 0) is 14.4 Å². The van der Waals surface area contributed by atoms with Crippen molar-refractivity contribution in [1.82, 2.24) is 4.90 Å². The topological polar surface area (TPSA) is 54.5 Å². The number of carbonyl (C=O) groups excluding carboxylic acids is 3. The Morgan fingerprint density at radius 3 is 2.75 bits per heavy atom. The van der Waals surface area contributed by atoms with Crippen molar-refractivity contribution in [3.8, 4) is 0 Å². The minimum Gasteiger partial charge on any atom is -0.295 e. The van der Waals surface area contributed by atoms with Crippen molar-refractivity contribution in [3.05, 3.63) is 11.6 Å². The van der Waals surface area contributed by atoms with Crippen molar-refractivity contribution in [1.29, 1.82) is 0 Å². The van der Waals surface area contributed by atoms with E-state index in [9.17, 15) is 14.4 Å². The maximum atomic E-state index is 11.8. The molecule has 1 aliphatic heterocycles. The number of Topliss-reactive ketones (excluding diaryl/α,β-unsaturated/α-hetero) is 1. The normalized spacial score (nSPS) is 37.6. The molecule has 0 bridgehead atoms. The number of hydrogen-bond donors (Lipinski definition) is 0. The van der Waals surface area contributed by atoms with Gasteiger partial charge in [-0.3, -0.25) is 19.3 Å². The predicted octanol–water partition coefficient (Wildman–Crippen LogP) is 0.527. The van der Waals surface area contributed by atoms with Gasteiger partial charge in [0.25, 0.3) is 0 Å². The van der Waals surface area contributed by atoms with Crippen molar-refractivity contribution < 1.29 is 14.4 Å². The maximum absolute atomic E-state index is 11.8. The molecule has 0 radical (unpaired) electrons. The largest absolute Gasteiger partial charge is 0.295 e. The average molecular weight is 219 g/mol. The van der Waals surface area contributed by atoms with Gasteiger partial charge in [-0.2, -0.15) is 0 Å². The summed E-state index contributed by atoms with van der Waals surface area (Å²) in [6.07, 6.45) is 3.86. The summed E-state index contributed by atoms with van der Waals surface area (Å²) >= 11 is 0.